The van der Waals surface area contributed by atoms with E-state index in [9.17, 15) is 0 Å². The molecule has 0 fully saturated rings. The van der Waals surface area contributed by atoms with E-state index in [0.717, 1.165) is 28.7 Å². The van der Waals surface area contributed by atoms with Crippen LogP contribution in [-0.4, -0.2) is 13.7 Å². The van der Waals surface area contributed by atoms with Crippen molar-refractivity contribution in [3.8, 4) is 9.75 Å². The first kappa shape index (κ1) is 14.0. The molecule has 4 aromatic heterocycles. The molecule has 0 radical (unpaired) electrons. The molecule has 0 aliphatic carbocycles. The maximum atomic E-state index is 4.45. The van der Waals surface area contributed by atoms with Crippen LogP contribution in [0.25, 0.3) is 20.8 Å². The molecule has 4 heterocycles. The second kappa shape index (κ2) is 5.53. The molecule has 0 bridgehead atoms. The standard InChI is InChI=1S/C16H13N3S3/c1-9-3-5-13(20-9)14-6-4-12(21-14)7-11-8-17-10(2)15-16(11)19-22-18-15/h3-6,8H,7H2,1-2H3. The number of pyridine rings is 1. The number of rotatable bonds is 3. The van der Waals surface area contributed by atoms with Gasteiger partial charge >= 0.3 is 0 Å². The largest absolute Gasteiger partial charge is 0.259 e. The summed E-state index contributed by atoms with van der Waals surface area (Å²) in [6.07, 6.45) is 2.80. The highest BCUT2D eigenvalue weighted by molar-refractivity contribution is 7.22. The van der Waals surface area contributed by atoms with Crippen LogP contribution in [0.5, 0.6) is 0 Å². The van der Waals surface area contributed by atoms with Crippen molar-refractivity contribution >= 4 is 45.4 Å². The SMILES string of the molecule is Cc1ccc(-c2ccc(Cc3cnc(C)c4nsnc34)s2)s1. The van der Waals surface area contributed by atoms with Crippen LogP contribution in [0.1, 0.15) is 21.0 Å². The molecule has 4 rings (SSSR count). The highest BCUT2D eigenvalue weighted by Gasteiger charge is 2.11. The lowest BCUT2D eigenvalue weighted by molar-refractivity contribution is 1.15. The first-order valence-electron chi connectivity index (χ1n) is 6.93. The molecule has 0 N–H and O–H groups in total. The first-order valence-corrected chi connectivity index (χ1v) is 9.29. The summed E-state index contributed by atoms with van der Waals surface area (Å²) >= 11 is 4.95. The van der Waals surface area contributed by atoms with E-state index in [1.165, 1.54) is 31.2 Å². The lowest BCUT2D eigenvalue weighted by atomic mass is 10.1. The quantitative estimate of drug-likeness (QED) is 0.520. The predicted octanol–water partition coefficient (Wildman–Crippen LogP) is 5.08. The van der Waals surface area contributed by atoms with Gasteiger partial charge in [0.2, 0.25) is 0 Å². The maximum Gasteiger partial charge on any atom is 0.126 e. The topological polar surface area (TPSA) is 38.7 Å². The van der Waals surface area contributed by atoms with Crippen LogP contribution in [0.3, 0.4) is 0 Å². The van der Waals surface area contributed by atoms with Crippen LogP contribution in [-0.2, 0) is 6.42 Å². The van der Waals surface area contributed by atoms with Gasteiger partial charge in [0.15, 0.2) is 0 Å². The highest BCUT2D eigenvalue weighted by Crippen LogP contribution is 2.34. The average molecular weight is 344 g/mol. The summed E-state index contributed by atoms with van der Waals surface area (Å²) in [5.41, 5.74) is 4.05. The van der Waals surface area contributed by atoms with Crippen molar-refractivity contribution in [2.75, 3.05) is 0 Å². The molecular weight excluding hydrogens is 330 g/mol. The maximum absolute atomic E-state index is 4.45. The van der Waals surface area contributed by atoms with Crippen molar-refractivity contribution in [3.63, 3.8) is 0 Å². The molecule has 0 amide bonds. The Labute approximate surface area is 140 Å². The number of hydrogen-bond acceptors (Lipinski definition) is 6. The Balaban J connectivity index is 1.67. The third-order valence-electron chi connectivity index (χ3n) is 3.56. The molecule has 0 aliphatic rings. The predicted molar refractivity (Wildman–Crippen MR) is 95.1 cm³/mol. The summed E-state index contributed by atoms with van der Waals surface area (Å²) < 4.78 is 8.79. The minimum absolute atomic E-state index is 0.865. The van der Waals surface area contributed by atoms with Crippen LogP contribution in [0.2, 0.25) is 0 Å². The fourth-order valence-electron chi connectivity index (χ4n) is 2.42. The van der Waals surface area contributed by atoms with Gasteiger partial charge in [-0.3, -0.25) is 4.98 Å². The minimum atomic E-state index is 0.865. The van der Waals surface area contributed by atoms with Crippen molar-refractivity contribution < 1.29 is 0 Å². The highest BCUT2D eigenvalue weighted by atomic mass is 32.1. The van der Waals surface area contributed by atoms with E-state index in [-0.39, 0.29) is 0 Å². The summed E-state index contributed by atoms with van der Waals surface area (Å²) in [6, 6.07) is 8.79. The fourth-order valence-corrected chi connectivity index (χ4v) is 5.04. The second-order valence-electron chi connectivity index (χ2n) is 5.18. The summed E-state index contributed by atoms with van der Waals surface area (Å²) in [6.45, 7) is 4.13. The van der Waals surface area contributed by atoms with Gasteiger partial charge in [-0.25, -0.2) is 0 Å². The van der Waals surface area contributed by atoms with Crippen LogP contribution in [0.15, 0.2) is 30.5 Å². The Morgan fingerprint density at radius 1 is 0.909 bits per heavy atom. The van der Waals surface area contributed by atoms with Gasteiger partial charge in [-0.05, 0) is 38.1 Å². The van der Waals surface area contributed by atoms with Crippen LogP contribution in [0, 0.1) is 13.8 Å². The second-order valence-corrected chi connectivity index (χ2v) is 8.17. The number of nitrogens with zero attached hydrogens (tertiary/aromatic N) is 3. The zero-order chi connectivity index (χ0) is 15.1. The smallest absolute Gasteiger partial charge is 0.126 e. The van der Waals surface area contributed by atoms with E-state index >= 15 is 0 Å². The molecule has 0 aliphatic heterocycles. The minimum Gasteiger partial charge on any atom is -0.259 e. The average Bonchev–Trinajstić information content (AvgIpc) is 3.22. The molecule has 0 unspecified atom stereocenters. The third kappa shape index (κ3) is 2.47. The molecule has 0 atom stereocenters. The van der Waals surface area contributed by atoms with Crippen molar-refractivity contribution in [1.29, 1.82) is 0 Å². The first-order chi connectivity index (χ1) is 10.7. The van der Waals surface area contributed by atoms with E-state index in [1.807, 2.05) is 35.8 Å². The fraction of sp³-hybridized carbons (Fsp3) is 0.188. The molecule has 110 valence electrons. The molecule has 0 spiro atoms. The molecule has 22 heavy (non-hydrogen) atoms. The van der Waals surface area contributed by atoms with E-state index < -0.39 is 0 Å². The number of fused-ring (bicyclic) bond motifs is 1. The van der Waals surface area contributed by atoms with E-state index in [0.29, 0.717) is 0 Å². The zero-order valence-electron chi connectivity index (χ0n) is 12.2. The van der Waals surface area contributed by atoms with Gasteiger partial charge < -0.3 is 0 Å². The van der Waals surface area contributed by atoms with Gasteiger partial charge in [0.05, 0.1) is 17.4 Å². The Bertz CT molecular complexity index is 949. The number of aromatic nitrogens is 3. The van der Waals surface area contributed by atoms with Gasteiger partial charge in [-0.15, -0.1) is 22.7 Å². The molecule has 0 saturated carbocycles. The number of hydrogen-bond donors (Lipinski definition) is 0. The van der Waals surface area contributed by atoms with Crippen molar-refractivity contribution in [2.45, 2.75) is 20.3 Å². The van der Waals surface area contributed by atoms with Crippen LogP contribution >= 0.6 is 34.4 Å². The lowest BCUT2D eigenvalue weighted by Gasteiger charge is -2.01. The molecule has 3 nitrogen and oxygen atoms in total. The number of aryl methyl sites for hydroxylation is 2. The molecule has 0 saturated heterocycles. The van der Waals surface area contributed by atoms with E-state index in [4.69, 9.17) is 0 Å². The van der Waals surface area contributed by atoms with E-state index in [2.05, 4.69) is 44.9 Å². The lowest BCUT2D eigenvalue weighted by Crippen LogP contribution is -1.92. The van der Waals surface area contributed by atoms with Crippen molar-refractivity contribution in [2.24, 2.45) is 0 Å². The molecule has 4 aromatic rings. The molecular formula is C16H13N3S3. The summed E-state index contributed by atoms with van der Waals surface area (Å²) in [5.74, 6) is 0. The van der Waals surface area contributed by atoms with E-state index in [1.54, 1.807) is 0 Å². The van der Waals surface area contributed by atoms with Crippen LogP contribution < -0.4 is 0 Å². The van der Waals surface area contributed by atoms with Gasteiger partial charge in [0.1, 0.15) is 11.0 Å². The Kier molecular flexibility index (Phi) is 3.52. The van der Waals surface area contributed by atoms with Crippen molar-refractivity contribution in [3.05, 3.63) is 51.5 Å². The zero-order valence-corrected chi connectivity index (χ0v) is 14.6. The summed E-state index contributed by atoms with van der Waals surface area (Å²) in [7, 11) is 0. The normalized spacial score (nSPS) is 11.4. The van der Waals surface area contributed by atoms with Gasteiger partial charge in [-0.2, -0.15) is 8.75 Å². The third-order valence-corrected chi connectivity index (χ3v) is 6.37. The Hall–Kier alpha value is -1.63. The monoisotopic (exact) mass is 343 g/mol. The van der Waals surface area contributed by atoms with Crippen molar-refractivity contribution in [1.82, 2.24) is 13.7 Å². The summed E-state index contributed by atoms with van der Waals surface area (Å²) in [4.78, 5) is 9.82. The molecule has 6 heteroatoms. The Morgan fingerprint density at radius 3 is 2.50 bits per heavy atom. The van der Waals surface area contributed by atoms with Gasteiger partial charge in [0.25, 0.3) is 0 Å². The summed E-state index contributed by atoms with van der Waals surface area (Å²) in [5, 5.41) is 0. The Morgan fingerprint density at radius 2 is 1.68 bits per heavy atom. The van der Waals surface area contributed by atoms with Gasteiger partial charge in [-0.1, -0.05) is 0 Å². The molecule has 0 aromatic carbocycles. The van der Waals surface area contributed by atoms with Gasteiger partial charge in [0, 0.05) is 37.7 Å². The number of thiophene rings is 2. The van der Waals surface area contributed by atoms with Crippen LogP contribution in [0.4, 0.5) is 0 Å².